The zero-order valence-corrected chi connectivity index (χ0v) is 12.1. The molecule has 0 aromatic rings. The summed E-state index contributed by atoms with van der Waals surface area (Å²) in [6, 6.07) is 0. The van der Waals surface area contributed by atoms with E-state index in [0.29, 0.717) is 12.5 Å². The highest BCUT2D eigenvalue weighted by atomic mass is 79.9. The molecule has 0 amide bonds. The van der Waals surface area contributed by atoms with Crippen LogP contribution in [-0.2, 0) is 14.6 Å². The Kier molecular flexibility index (Phi) is 3.82. The quantitative estimate of drug-likeness (QED) is 0.775. The van der Waals surface area contributed by atoms with E-state index in [1.165, 1.54) is 19.1 Å². The summed E-state index contributed by atoms with van der Waals surface area (Å²) in [5, 5.41) is 0. The Morgan fingerprint density at radius 2 is 2.24 bits per heavy atom. The molecule has 0 spiro atoms. The van der Waals surface area contributed by atoms with Gasteiger partial charge in [-0.3, -0.25) is 0 Å². The predicted octanol–water partition coefficient (Wildman–Crippen LogP) is 1.85. The van der Waals surface area contributed by atoms with Crippen LogP contribution in [0.3, 0.4) is 0 Å². The van der Waals surface area contributed by atoms with Crippen molar-refractivity contribution in [1.82, 2.24) is 4.90 Å². The molecule has 1 aliphatic carbocycles. The van der Waals surface area contributed by atoms with Crippen molar-refractivity contribution in [3.05, 3.63) is 22.5 Å². The molecule has 1 heterocycles. The van der Waals surface area contributed by atoms with E-state index in [2.05, 4.69) is 15.9 Å². The van der Waals surface area contributed by atoms with E-state index in [9.17, 15) is 8.42 Å². The minimum atomic E-state index is -2.99. The summed E-state index contributed by atoms with van der Waals surface area (Å²) in [6.07, 6.45) is 7.45. The van der Waals surface area contributed by atoms with Crippen LogP contribution in [0.5, 0.6) is 0 Å². The van der Waals surface area contributed by atoms with Gasteiger partial charge in [0.1, 0.15) is 11.6 Å². The lowest BCUT2D eigenvalue weighted by molar-refractivity contribution is 0.204. The highest BCUT2D eigenvalue weighted by Gasteiger charge is 2.23. The van der Waals surface area contributed by atoms with E-state index in [1.807, 2.05) is 6.08 Å². The van der Waals surface area contributed by atoms with E-state index in [0.717, 1.165) is 16.8 Å². The fraction of sp³-hybridized carbons (Fsp3) is 0.636. The van der Waals surface area contributed by atoms with Crippen LogP contribution in [0.15, 0.2) is 22.5 Å². The first kappa shape index (κ1) is 13.0. The second-order valence-corrected chi connectivity index (χ2v) is 7.59. The van der Waals surface area contributed by atoms with Gasteiger partial charge in [-0.1, -0.05) is 0 Å². The van der Waals surface area contributed by atoms with Gasteiger partial charge in [0.05, 0.1) is 11.1 Å². The van der Waals surface area contributed by atoms with Crippen LogP contribution in [-0.4, -0.2) is 38.6 Å². The Balaban J connectivity index is 1.89. The summed E-state index contributed by atoms with van der Waals surface area (Å²) in [6.45, 7) is 1.34. The Bertz CT molecular complexity index is 451. The third kappa shape index (κ3) is 4.35. The lowest BCUT2D eigenvalue weighted by Crippen LogP contribution is -2.27. The van der Waals surface area contributed by atoms with Gasteiger partial charge in [0.2, 0.25) is 0 Å². The van der Waals surface area contributed by atoms with Gasteiger partial charge in [-0.05, 0) is 40.8 Å². The van der Waals surface area contributed by atoms with Crippen LogP contribution >= 0.6 is 15.9 Å². The van der Waals surface area contributed by atoms with Crippen molar-refractivity contribution in [3.63, 3.8) is 0 Å². The Morgan fingerprint density at radius 3 is 2.76 bits per heavy atom. The zero-order chi connectivity index (χ0) is 12.5. The predicted molar refractivity (Wildman–Crippen MR) is 70.2 cm³/mol. The molecule has 0 atom stereocenters. The number of halogens is 1. The third-order valence-electron chi connectivity index (χ3n) is 2.61. The minimum Gasteiger partial charge on any atom is -0.492 e. The SMILES string of the molecule is CS(=O)(=O)CN1C=C(Br)C(OCC2CC2)=CC1. The molecule has 0 aromatic heterocycles. The van der Waals surface area contributed by atoms with E-state index in [4.69, 9.17) is 4.74 Å². The van der Waals surface area contributed by atoms with E-state index in [-0.39, 0.29) is 5.88 Å². The molecule has 0 unspecified atom stereocenters. The normalized spacial score (nSPS) is 20.9. The third-order valence-corrected chi connectivity index (χ3v) is 4.01. The molecule has 17 heavy (non-hydrogen) atoms. The van der Waals surface area contributed by atoms with Crippen LogP contribution in [0.4, 0.5) is 0 Å². The second kappa shape index (κ2) is 5.02. The first-order chi connectivity index (χ1) is 7.94. The average Bonchev–Trinajstić information content (AvgIpc) is 2.97. The van der Waals surface area contributed by atoms with E-state index >= 15 is 0 Å². The van der Waals surface area contributed by atoms with Crippen molar-refractivity contribution < 1.29 is 13.2 Å². The molecular weight excluding hydrogens is 306 g/mol. The lowest BCUT2D eigenvalue weighted by atomic mass is 10.3. The highest BCUT2D eigenvalue weighted by molar-refractivity contribution is 9.11. The first-order valence-corrected chi connectivity index (χ1v) is 8.42. The number of nitrogens with zero attached hydrogens (tertiary/aromatic N) is 1. The monoisotopic (exact) mass is 321 g/mol. The van der Waals surface area contributed by atoms with Crippen molar-refractivity contribution in [2.75, 3.05) is 25.3 Å². The Labute approximate surface area is 110 Å². The molecule has 2 rings (SSSR count). The summed E-state index contributed by atoms with van der Waals surface area (Å²) in [5.74, 6) is 1.57. The van der Waals surface area contributed by atoms with Gasteiger partial charge in [0.15, 0.2) is 9.84 Å². The van der Waals surface area contributed by atoms with Gasteiger partial charge in [0.25, 0.3) is 0 Å². The van der Waals surface area contributed by atoms with Crippen LogP contribution in [0.25, 0.3) is 0 Å². The van der Waals surface area contributed by atoms with Crippen LogP contribution in [0.2, 0.25) is 0 Å². The molecule has 2 aliphatic rings. The van der Waals surface area contributed by atoms with Gasteiger partial charge in [0, 0.05) is 19.0 Å². The standard InChI is InChI=1S/C11H16BrNO3S/c1-17(14,15)8-13-5-4-11(10(12)6-13)16-7-9-2-3-9/h4,6,9H,2-3,5,7-8H2,1H3. The van der Waals surface area contributed by atoms with Crippen LogP contribution in [0, 0.1) is 5.92 Å². The molecule has 1 fully saturated rings. The van der Waals surface area contributed by atoms with Crippen molar-refractivity contribution in [2.24, 2.45) is 5.92 Å². The summed E-state index contributed by atoms with van der Waals surface area (Å²) >= 11 is 3.40. The van der Waals surface area contributed by atoms with E-state index < -0.39 is 9.84 Å². The Morgan fingerprint density at radius 1 is 1.53 bits per heavy atom. The number of hydrogen-bond acceptors (Lipinski definition) is 4. The molecule has 0 radical (unpaired) electrons. The summed E-state index contributed by atoms with van der Waals surface area (Å²) < 4.78 is 28.8. The lowest BCUT2D eigenvalue weighted by Gasteiger charge is -2.23. The second-order valence-electron chi connectivity index (χ2n) is 4.63. The minimum absolute atomic E-state index is 0.0362. The maximum absolute atomic E-state index is 11.2. The number of hydrogen-bond donors (Lipinski definition) is 0. The molecule has 0 aromatic carbocycles. The summed E-state index contributed by atoms with van der Waals surface area (Å²) in [7, 11) is -2.99. The van der Waals surface area contributed by atoms with Crippen LogP contribution in [0.1, 0.15) is 12.8 Å². The van der Waals surface area contributed by atoms with Crippen molar-refractivity contribution in [2.45, 2.75) is 12.8 Å². The van der Waals surface area contributed by atoms with Crippen LogP contribution < -0.4 is 0 Å². The molecule has 0 N–H and O–H groups in total. The molecule has 96 valence electrons. The number of ether oxygens (including phenoxy) is 1. The molecule has 0 saturated heterocycles. The van der Waals surface area contributed by atoms with Gasteiger partial charge in [-0.25, -0.2) is 8.42 Å². The van der Waals surface area contributed by atoms with Crippen molar-refractivity contribution in [3.8, 4) is 0 Å². The molecule has 4 nitrogen and oxygen atoms in total. The number of sulfone groups is 1. The highest BCUT2D eigenvalue weighted by Crippen LogP contribution is 2.31. The smallest absolute Gasteiger partial charge is 0.165 e. The molecular formula is C11H16BrNO3S. The average molecular weight is 322 g/mol. The fourth-order valence-electron chi connectivity index (χ4n) is 1.59. The molecule has 0 bridgehead atoms. The maximum atomic E-state index is 11.2. The van der Waals surface area contributed by atoms with Gasteiger partial charge in [-0.2, -0.15) is 0 Å². The van der Waals surface area contributed by atoms with Crippen molar-refractivity contribution in [1.29, 1.82) is 0 Å². The zero-order valence-electron chi connectivity index (χ0n) is 9.73. The molecule has 6 heteroatoms. The molecule has 1 saturated carbocycles. The number of rotatable bonds is 5. The topological polar surface area (TPSA) is 46.6 Å². The maximum Gasteiger partial charge on any atom is 0.165 e. The number of allylic oxidation sites excluding steroid dienone is 1. The molecule has 1 aliphatic heterocycles. The largest absolute Gasteiger partial charge is 0.492 e. The Hall–Kier alpha value is -0.490. The summed E-state index contributed by atoms with van der Waals surface area (Å²) in [4.78, 5) is 1.74. The fourth-order valence-corrected chi connectivity index (χ4v) is 2.93. The van der Waals surface area contributed by atoms with Gasteiger partial charge < -0.3 is 9.64 Å². The van der Waals surface area contributed by atoms with Gasteiger partial charge >= 0.3 is 0 Å². The van der Waals surface area contributed by atoms with E-state index in [1.54, 1.807) is 11.1 Å². The van der Waals surface area contributed by atoms with Crippen molar-refractivity contribution >= 4 is 25.8 Å². The first-order valence-electron chi connectivity index (χ1n) is 5.56. The van der Waals surface area contributed by atoms with Gasteiger partial charge in [-0.15, -0.1) is 0 Å². The summed E-state index contributed by atoms with van der Waals surface area (Å²) in [5.41, 5.74) is 0.